The zero-order valence-corrected chi connectivity index (χ0v) is 11.3. The first-order valence-electron chi connectivity index (χ1n) is 6.26. The van der Waals surface area contributed by atoms with Gasteiger partial charge in [-0.25, -0.2) is 9.78 Å². The first kappa shape index (κ1) is 12.4. The van der Waals surface area contributed by atoms with Crippen LogP contribution >= 0.6 is 0 Å². The van der Waals surface area contributed by atoms with E-state index in [0.717, 1.165) is 10.1 Å². The van der Waals surface area contributed by atoms with Gasteiger partial charge in [0.05, 0.1) is 0 Å². The lowest BCUT2D eigenvalue weighted by molar-refractivity contribution is 0.708. The predicted octanol–water partition coefficient (Wildman–Crippen LogP) is 0.551. The van der Waals surface area contributed by atoms with Crippen LogP contribution < -0.4 is 11.2 Å². The molecule has 0 saturated carbocycles. The third-order valence-electron chi connectivity index (χ3n) is 3.36. The average Bonchev–Trinajstić information content (AvgIpc) is 2.88. The minimum atomic E-state index is -0.375. The van der Waals surface area contributed by atoms with E-state index in [-0.39, 0.29) is 11.2 Å². The molecule has 0 spiro atoms. The smallest absolute Gasteiger partial charge is 0.332 e. The Hall–Kier alpha value is -2.63. The van der Waals surface area contributed by atoms with Gasteiger partial charge in [0.1, 0.15) is 11.3 Å². The van der Waals surface area contributed by atoms with Crippen molar-refractivity contribution in [3.8, 4) is 0 Å². The molecule has 0 bridgehead atoms. The highest BCUT2D eigenvalue weighted by Crippen LogP contribution is 2.09. The Morgan fingerprint density at radius 2 is 1.80 bits per heavy atom. The van der Waals surface area contributed by atoms with Crippen LogP contribution in [0.15, 0.2) is 39.9 Å². The monoisotopic (exact) mass is 270 g/mol. The minimum absolute atomic E-state index is 0.352. The number of rotatable bonds is 2. The summed E-state index contributed by atoms with van der Waals surface area (Å²) in [5.74, 6) is 0.671. The Morgan fingerprint density at radius 1 is 1.10 bits per heavy atom. The van der Waals surface area contributed by atoms with Gasteiger partial charge in [0.2, 0.25) is 0 Å². The molecule has 0 aliphatic carbocycles. The standard InChI is InChI=1S/C14H14N4O2/c1-17-12-11(13(19)18(2)14(17)20)15-10(16-12)8-9-6-4-3-5-7-9/h3-7H,8H2,1-2H3,(H,15,16). The van der Waals surface area contributed by atoms with E-state index >= 15 is 0 Å². The molecule has 6 heteroatoms. The van der Waals surface area contributed by atoms with E-state index in [9.17, 15) is 9.59 Å². The Kier molecular flexibility index (Phi) is 2.78. The molecule has 1 N–H and O–H groups in total. The van der Waals surface area contributed by atoms with Crippen molar-refractivity contribution in [2.24, 2.45) is 14.1 Å². The summed E-state index contributed by atoms with van der Waals surface area (Å²) in [7, 11) is 3.07. The number of fused-ring (bicyclic) bond motifs is 1. The van der Waals surface area contributed by atoms with Crippen molar-refractivity contribution in [2.45, 2.75) is 6.42 Å². The van der Waals surface area contributed by atoms with Crippen molar-refractivity contribution in [3.63, 3.8) is 0 Å². The fourth-order valence-electron chi connectivity index (χ4n) is 2.25. The molecule has 0 radical (unpaired) electrons. The topological polar surface area (TPSA) is 72.7 Å². The third kappa shape index (κ3) is 1.85. The number of hydrogen-bond acceptors (Lipinski definition) is 3. The molecule has 0 aliphatic rings. The number of hydrogen-bond donors (Lipinski definition) is 1. The maximum atomic E-state index is 12.0. The van der Waals surface area contributed by atoms with Gasteiger partial charge in [0.15, 0.2) is 5.65 Å². The Morgan fingerprint density at radius 3 is 2.50 bits per heavy atom. The molecule has 3 rings (SSSR count). The van der Waals surface area contributed by atoms with Gasteiger partial charge >= 0.3 is 5.69 Å². The maximum absolute atomic E-state index is 12.0. The fraction of sp³-hybridized carbons (Fsp3) is 0.214. The molecular formula is C14H14N4O2. The number of benzene rings is 1. The molecule has 0 atom stereocenters. The second kappa shape index (κ2) is 4.48. The van der Waals surface area contributed by atoms with E-state index in [1.165, 1.54) is 11.6 Å². The zero-order valence-electron chi connectivity index (χ0n) is 11.3. The van der Waals surface area contributed by atoms with Crippen LogP contribution in [0.25, 0.3) is 11.2 Å². The van der Waals surface area contributed by atoms with Crippen LogP contribution in [0, 0.1) is 0 Å². The molecular weight excluding hydrogens is 256 g/mol. The number of imidazole rings is 1. The highest BCUT2D eigenvalue weighted by atomic mass is 16.2. The average molecular weight is 270 g/mol. The minimum Gasteiger partial charge on any atom is -0.336 e. The second-order valence-electron chi connectivity index (χ2n) is 4.75. The van der Waals surface area contributed by atoms with Crippen LogP contribution in [0.2, 0.25) is 0 Å². The van der Waals surface area contributed by atoms with Gasteiger partial charge in [0, 0.05) is 20.5 Å². The van der Waals surface area contributed by atoms with Crippen LogP contribution in [0.1, 0.15) is 11.4 Å². The van der Waals surface area contributed by atoms with Crippen molar-refractivity contribution in [1.82, 2.24) is 19.1 Å². The van der Waals surface area contributed by atoms with Crippen LogP contribution in [0.5, 0.6) is 0 Å². The van der Waals surface area contributed by atoms with E-state index < -0.39 is 0 Å². The summed E-state index contributed by atoms with van der Waals surface area (Å²) >= 11 is 0. The highest BCUT2D eigenvalue weighted by molar-refractivity contribution is 5.69. The van der Waals surface area contributed by atoms with Gasteiger partial charge in [-0.15, -0.1) is 0 Å². The molecule has 0 fully saturated rings. The van der Waals surface area contributed by atoms with Crippen molar-refractivity contribution in [1.29, 1.82) is 0 Å². The van der Waals surface area contributed by atoms with Crippen molar-refractivity contribution >= 4 is 11.2 Å². The molecule has 0 saturated heterocycles. The first-order chi connectivity index (χ1) is 9.58. The quantitative estimate of drug-likeness (QED) is 0.739. The van der Waals surface area contributed by atoms with E-state index in [0.29, 0.717) is 23.4 Å². The molecule has 102 valence electrons. The Bertz CT molecular complexity index is 887. The zero-order chi connectivity index (χ0) is 14.3. The van der Waals surface area contributed by atoms with Gasteiger partial charge in [-0.3, -0.25) is 13.9 Å². The molecule has 2 aromatic heterocycles. The molecule has 20 heavy (non-hydrogen) atoms. The molecule has 1 aromatic carbocycles. The summed E-state index contributed by atoms with van der Waals surface area (Å²) in [5, 5.41) is 0. The number of nitrogens with one attached hydrogen (secondary N) is 1. The van der Waals surface area contributed by atoms with E-state index in [1.54, 1.807) is 7.05 Å². The highest BCUT2D eigenvalue weighted by Gasteiger charge is 2.13. The van der Waals surface area contributed by atoms with E-state index in [4.69, 9.17) is 0 Å². The number of nitrogens with zero attached hydrogens (tertiary/aromatic N) is 3. The Balaban J connectivity index is 2.17. The summed E-state index contributed by atoms with van der Waals surface area (Å²) in [6.45, 7) is 0. The van der Waals surface area contributed by atoms with Crippen LogP contribution in [0.4, 0.5) is 0 Å². The SMILES string of the molecule is Cn1c(=O)c2[nH]c(Cc3ccccc3)nc2n(C)c1=O. The summed E-state index contributed by atoms with van der Waals surface area (Å²) in [6.07, 6.45) is 0.590. The van der Waals surface area contributed by atoms with Gasteiger partial charge in [-0.05, 0) is 5.56 Å². The van der Waals surface area contributed by atoms with Gasteiger partial charge in [-0.1, -0.05) is 30.3 Å². The first-order valence-corrected chi connectivity index (χ1v) is 6.26. The molecule has 2 heterocycles. The summed E-state index contributed by atoms with van der Waals surface area (Å²) in [4.78, 5) is 31.3. The van der Waals surface area contributed by atoms with Gasteiger partial charge in [-0.2, -0.15) is 0 Å². The lowest BCUT2D eigenvalue weighted by atomic mass is 10.1. The van der Waals surface area contributed by atoms with Crippen LogP contribution in [-0.2, 0) is 20.5 Å². The summed E-state index contributed by atoms with van der Waals surface area (Å²) < 4.78 is 2.45. The molecule has 0 unspecified atom stereocenters. The van der Waals surface area contributed by atoms with E-state index in [2.05, 4.69) is 9.97 Å². The molecule has 6 nitrogen and oxygen atoms in total. The lowest BCUT2D eigenvalue weighted by Crippen LogP contribution is -2.36. The van der Waals surface area contributed by atoms with Crippen LogP contribution in [-0.4, -0.2) is 19.1 Å². The van der Waals surface area contributed by atoms with Crippen molar-refractivity contribution < 1.29 is 0 Å². The van der Waals surface area contributed by atoms with Crippen LogP contribution in [0.3, 0.4) is 0 Å². The normalized spacial score (nSPS) is 11.1. The lowest BCUT2D eigenvalue weighted by Gasteiger charge is -2.00. The Labute approximate surface area is 114 Å². The summed E-state index contributed by atoms with van der Waals surface area (Å²) in [6, 6.07) is 9.83. The second-order valence-corrected chi connectivity index (χ2v) is 4.75. The molecule has 0 amide bonds. The number of aryl methyl sites for hydroxylation is 1. The van der Waals surface area contributed by atoms with Gasteiger partial charge < -0.3 is 4.98 Å². The van der Waals surface area contributed by atoms with E-state index in [1.807, 2.05) is 30.3 Å². The van der Waals surface area contributed by atoms with Crippen molar-refractivity contribution in [2.75, 3.05) is 0 Å². The molecule has 3 aromatic rings. The third-order valence-corrected chi connectivity index (χ3v) is 3.36. The number of aromatic nitrogens is 4. The largest absolute Gasteiger partial charge is 0.336 e. The predicted molar refractivity (Wildman–Crippen MR) is 75.8 cm³/mol. The fourth-order valence-corrected chi connectivity index (χ4v) is 2.25. The number of H-pyrrole nitrogens is 1. The maximum Gasteiger partial charge on any atom is 0.332 e. The number of aromatic amines is 1. The van der Waals surface area contributed by atoms with Gasteiger partial charge in [0.25, 0.3) is 5.56 Å². The molecule has 0 aliphatic heterocycles. The summed E-state index contributed by atoms with van der Waals surface area (Å²) in [5.41, 5.74) is 1.12. The van der Waals surface area contributed by atoms with Crippen molar-refractivity contribution in [3.05, 3.63) is 62.6 Å².